The number of carbonyl (C=O) groups is 1. The van der Waals surface area contributed by atoms with Gasteiger partial charge in [0.2, 0.25) is 5.91 Å². The van der Waals surface area contributed by atoms with Crippen LogP contribution in [0.3, 0.4) is 0 Å². The second-order valence-corrected chi connectivity index (χ2v) is 5.21. The molecule has 116 valence electrons. The van der Waals surface area contributed by atoms with Gasteiger partial charge >= 0.3 is 6.18 Å². The zero-order valence-electron chi connectivity index (χ0n) is 11.4. The number of nitrogens with zero attached hydrogens (tertiary/aromatic N) is 2. The van der Waals surface area contributed by atoms with E-state index in [1.807, 2.05) is 0 Å². The fourth-order valence-corrected chi connectivity index (χ4v) is 2.18. The molecule has 0 spiro atoms. The summed E-state index contributed by atoms with van der Waals surface area (Å²) < 4.78 is 37.7. The van der Waals surface area contributed by atoms with Gasteiger partial charge in [0.05, 0.1) is 18.3 Å². The third kappa shape index (κ3) is 3.26. The largest absolute Gasteiger partial charge is 0.433 e. The van der Waals surface area contributed by atoms with E-state index in [1.165, 1.54) is 12.1 Å². The van der Waals surface area contributed by atoms with Gasteiger partial charge in [-0.15, -0.1) is 0 Å². The van der Waals surface area contributed by atoms with Crippen molar-refractivity contribution in [3.8, 4) is 0 Å². The van der Waals surface area contributed by atoms with Crippen LogP contribution in [0, 0.1) is 0 Å². The van der Waals surface area contributed by atoms with E-state index >= 15 is 0 Å². The first-order valence-corrected chi connectivity index (χ1v) is 6.80. The van der Waals surface area contributed by atoms with E-state index in [0.717, 1.165) is 24.5 Å². The molecule has 5 nitrogen and oxygen atoms in total. The highest BCUT2D eigenvalue weighted by molar-refractivity contribution is 5.91. The maximum Gasteiger partial charge on any atom is 0.433 e. The molecule has 0 bridgehead atoms. The van der Waals surface area contributed by atoms with E-state index in [2.05, 4.69) is 20.5 Å². The van der Waals surface area contributed by atoms with Crippen LogP contribution in [0.25, 0.3) is 0 Å². The second-order valence-electron chi connectivity index (χ2n) is 5.21. The fraction of sp³-hybridized carbons (Fsp3) is 0.357. The molecular formula is C14H13F3N4O. The molecule has 2 aromatic heterocycles. The third-order valence-corrected chi connectivity index (χ3v) is 3.39. The summed E-state index contributed by atoms with van der Waals surface area (Å²) in [7, 11) is 0. The summed E-state index contributed by atoms with van der Waals surface area (Å²) in [6.45, 7) is 0. The Labute approximate surface area is 123 Å². The van der Waals surface area contributed by atoms with Gasteiger partial charge in [0.1, 0.15) is 11.5 Å². The third-order valence-electron chi connectivity index (χ3n) is 3.39. The molecule has 1 aliphatic rings. The molecule has 8 heteroatoms. The lowest BCUT2D eigenvalue weighted by atomic mass is 10.2. The first-order valence-electron chi connectivity index (χ1n) is 6.80. The lowest BCUT2D eigenvalue weighted by Gasteiger charge is -2.08. The van der Waals surface area contributed by atoms with Crippen LogP contribution < -0.4 is 5.32 Å². The van der Waals surface area contributed by atoms with Crippen LogP contribution in [-0.4, -0.2) is 21.1 Å². The molecule has 0 saturated heterocycles. The van der Waals surface area contributed by atoms with E-state index < -0.39 is 17.8 Å². The molecule has 0 unspecified atom stereocenters. The second kappa shape index (κ2) is 5.43. The first kappa shape index (κ1) is 14.6. The minimum Gasteiger partial charge on any atom is -0.311 e. The number of H-pyrrole nitrogens is 1. The van der Waals surface area contributed by atoms with Gasteiger partial charge in [0, 0.05) is 5.56 Å². The van der Waals surface area contributed by atoms with Crippen molar-refractivity contribution in [2.45, 2.75) is 31.4 Å². The van der Waals surface area contributed by atoms with Crippen molar-refractivity contribution >= 4 is 11.7 Å². The molecule has 3 rings (SSSR count). The minimum absolute atomic E-state index is 0.0693. The van der Waals surface area contributed by atoms with E-state index in [0.29, 0.717) is 11.7 Å². The number of hydrogen-bond acceptors (Lipinski definition) is 3. The molecule has 0 radical (unpaired) electrons. The van der Waals surface area contributed by atoms with Crippen molar-refractivity contribution in [2.75, 3.05) is 5.32 Å². The Morgan fingerprint density at radius 3 is 2.82 bits per heavy atom. The standard InChI is InChI=1S/C14H13F3N4O/c15-14(16,17)11-3-1-2-9(19-11)6-12(22)20-13-10(7-18-21-13)8-4-5-8/h1-3,7-8H,4-6H2,(H2,18,20,21,22). The maximum atomic E-state index is 12.6. The number of anilines is 1. The molecular weight excluding hydrogens is 297 g/mol. The summed E-state index contributed by atoms with van der Waals surface area (Å²) in [6, 6.07) is 3.51. The van der Waals surface area contributed by atoms with Crippen molar-refractivity contribution in [3.05, 3.63) is 41.3 Å². The molecule has 2 heterocycles. The van der Waals surface area contributed by atoms with Gasteiger partial charge in [-0.1, -0.05) is 6.07 Å². The van der Waals surface area contributed by atoms with Crippen LogP contribution in [-0.2, 0) is 17.4 Å². The molecule has 1 fully saturated rings. The molecule has 0 aliphatic heterocycles. The number of alkyl halides is 3. The molecule has 1 amide bonds. The number of hydrogen-bond donors (Lipinski definition) is 2. The summed E-state index contributed by atoms with van der Waals surface area (Å²) in [6.07, 6.45) is -0.979. The van der Waals surface area contributed by atoms with Crippen molar-refractivity contribution in [1.29, 1.82) is 0 Å². The van der Waals surface area contributed by atoms with Gasteiger partial charge in [0.15, 0.2) is 0 Å². The Bertz CT molecular complexity index is 691. The molecule has 1 saturated carbocycles. The van der Waals surface area contributed by atoms with Crippen LogP contribution in [0.15, 0.2) is 24.4 Å². The van der Waals surface area contributed by atoms with Crippen LogP contribution in [0.1, 0.15) is 35.7 Å². The number of carbonyl (C=O) groups excluding carboxylic acids is 1. The summed E-state index contributed by atoms with van der Waals surface area (Å²) >= 11 is 0. The van der Waals surface area contributed by atoms with Crippen LogP contribution >= 0.6 is 0 Å². The normalized spacial score (nSPS) is 14.9. The lowest BCUT2D eigenvalue weighted by Crippen LogP contribution is -2.17. The Hall–Kier alpha value is -2.38. The number of pyridine rings is 1. The highest BCUT2D eigenvalue weighted by Gasteiger charge is 2.32. The predicted molar refractivity (Wildman–Crippen MR) is 72.1 cm³/mol. The first-order chi connectivity index (χ1) is 10.4. The summed E-state index contributed by atoms with van der Waals surface area (Å²) in [5.74, 6) is 0.484. The Kier molecular flexibility index (Phi) is 3.59. The zero-order valence-corrected chi connectivity index (χ0v) is 11.4. The van der Waals surface area contributed by atoms with E-state index in [-0.39, 0.29) is 12.1 Å². The highest BCUT2D eigenvalue weighted by Crippen LogP contribution is 2.42. The molecule has 0 atom stereocenters. The van der Waals surface area contributed by atoms with Gasteiger partial charge in [-0.05, 0) is 30.9 Å². The fourth-order valence-electron chi connectivity index (χ4n) is 2.18. The number of aromatic nitrogens is 3. The SMILES string of the molecule is O=C(Cc1cccc(C(F)(F)F)n1)Nc1[nH]ncc1C1CC1. The Morgan fingerprint density at radius 2 is 2.14 bits per heavy atom. The van der Waals surface area contributed by atoms with Crippen molar-refractivity contribution in [3.63, 3.8) is 0 Å². The van der Waals surface area contributed by atoms with Crippen molar-refractivity contribution in [2.24, 2.45) is 0 Å². The molecule has 22 heavy (non-hydrogen) atoms. The monoisotopic (exact) mass is 310 g/mol. The Balaban J connectivity index is 1.68. The smallest absolute Gasteiger partial charge is 0.311 e. The van der Waals surface area contributed by atoms with Gasteiger partial charge in [-0.2, -0.15) is 18.3 Å². The molecule has 0 aromatic carbocycles. The van der Waals surface area contributed by atoms with Crippen molar-refractivity contribution in [1.82, 2.24) is 15.2 Å². The number of aromatic amines is 1. The lowest BCUT2D eigenvalue weighted by molar-refractivity contribution is -0.141. The Morgan fingerprint density at radius 1 is 1.36 bits per heavy atom. The van der Waals surface area contributed by atoms with Gasteiger partial charge in [-0.25, -0.2) is 4.98 Å². The summed E-state index contributed by atoms with van der Waals surface area (Å²) in [5, 5.41) is 9.22. The molecule has 2 N–H and O–H groups in total. The average molecular weight is 310 g/mol. The van der Waals surface area contributed by atoms with Crippen LogP contribution in [0.2, 0.25) is 0 Å². The van der Waals surface area contributed by atoms with Gasteiger partial charge < -0.3 is 5.32 Å². The topological polar surface area (TPSA) is 70.7 Å². The highest BCUT2D eigenvalue weighted by atomic mass is 19.4. The van der Waals surface area contributed by atoms with Gasteiger partial charge in [-0.3, -0.25) is 9.89 Å². The predicted octanol–water partition coefficient (Wildman–Crippen LogP) is 2.88. The zero-order chi connectivity index (χ0) is 15.7. The van der Waals surface area contributed by atoms with Crippen LogP contribution in [0.5, 0.6) is 0 Å². The summed E-state index contributed by atoms with van der Waals surface area (Å²) in [4.78, 5) is 15.4. The minimum atomic E-state index is -4.52. The summed E-state index contributed by atoms with van der Waals surface area (Å²) in [5.41, 5.74) is 0.00294. The van der Waals surface area contributed by atoms with Crippen molar-refractivity contribution < 1.29 is 18.0 Å². The molecule has 1 aliphatic carbocycles. The number of halogens is 3. The van der Waals surface area contributed by atoms with Gasteiger partial charge in [0.25, 0.3) is 0 Å². The number of rotatable bonds is 4. The molecule has 2 aromatic rings. The van der Waals surface area contributed by atoms with E-state index in [9.17, 15) is 18.0 Å². The van der Waals surface area contributed by atoms with E-state index in [4.69, 9.17) is 0 Å². The van der Waals surface area contributed by atoms with E-state index in [1.54, 1.807) is 6.20 Å². The number of nitrogens with one attached hydrogen (secondary N) is 2. The number of amides is 1. The maximum absolute atomic E-state index is 12.6. The quantitative estimate of drug-likeness (QED) is 0.912. The van der Waals surface area contributed by atoms with Crippen LogP contribution in [0.4, 0.5) is 19.0 Å². The average Bonchev–Trinajstić information content (AvgIpc) is 3.19.